The molecule has 0 unspecified atom stereocenters. The first-order valence-electron chi connectivity index (χ1n) is 5.06. The standard InChI is InChI=1S/C12H13NO/c13-7-8-6-11(8)9-2-1-3-12-10(9)4-5-14-12/h1-5,8,11H,6-7,13H2/t8-,11+/m0/s1. The van der Waals surface area contributed by atoms with E-state index in [0.717, 1.165) is 12.1 Å². The van der Waals surface area contributed by atoms with Gasteiger partial charge < -0.3 is 10.2 Å². The molecule has 1 fully saturated rings. The second kappa shape index (κ2) is 2.85. The summed E-state index contributed by atoms with van der Waals surface area (Å²) in [5.74, 6) is 1.36. The Morgan fingerprint density at radius 3 is 3.07 bits per heavy atom. The SMILES string of the molecule is NC[C@@H]1C[C@H]1c1cccc2occc12. The van der Waals surface area contributed by atoms with Crippen molar-refractivity contribution in [1.29, 1.82) is 0 Å². The maximum absolute atomic E-state index is 5.66. The number of rotatable bonds is 2. The van der Waals surface area contributed by atoms with Gasteiger partial charge in [-0.15, -0.1) is 0 Å². The highest BCUT2D eigenvalue weighted by molar-refractivity contribution is 5.81. The summed E-state index contributed by atoms with van der Waals surface area (Å²) in [5.41, 5.74) is 8.06. The van der Waals surface area contributed by atoms with Crippen LogP contribution in [-0.4, -0.2) is 6.54 Å². The van der Waals surface area contributed by atoms with Crippen LogP contribution in [0.3, 0.4) is 0 Å². The van der Waals surface area contributed by atoms with Crippen LogP contribution in [0.1, 0.15) is 17.9 Å². The van der Waals surface area contributed by atoms with Crippen LogP contribution in [0, 0.1) is 5.92 Å². The van der Waals surface area contributed by atoms with E-state index in [0.29, 0.717) is 11.8 Å². The Morgan fingerprint density at radius 2 is 2.29 bits per heavy atom. The first kappa shape index (κ1) is 8.06. The Morgan fingerprint density at radius 1 is 1.36 bits per heavy atom. The molecule has 2 heteroatoms. The number of furan rings is 1. The fourth-order valence-electron chi connectivity index (χ4n) is 2.23. The molecule has 0 spiro atoms. The summed E-state index contributed by atoms with van der Waals surface area (Å²) in [6.07, 6.45) is 2.99. The van der Waals surface area contributed by atoms with Crippen molar-refractivity contribution in [3.8, 4) is 0 Å². The van der Waals surface area contributed by atoms with Crippen molar-refractivity contribution in [2.75, 3.05) is 6.54 Å². The second-order valence-electron chi connectivity index (χ2n) is 4.02. The molecule has 3 rings (SSSR count). The molecule has 1 aliphatic carbocycles. The molecule has 2 atom stereocenters. The molecule has 1 saturated carbocycles. The number of hydrogen-bond acceptors (Lipinski definition) is 2. The van der Waals surface area contributed by atoms with Crippen molar-refractivity contribution in [3.05, 3.63) is 36.1 Å². The fraction of sp³-hybridized carbons (Fsp3) is 0.333. The lowest BCUT2D eigenvalue weighted by atomic mass is 10.0. The zero-order chi connectivity index (χ0) is 9.54. The summed E-state index contributed by atoms with van der Waals surface area (Å²) in [4.78, 5) is 0. The topological polar surface area (TPSA) is 39.2 Å². The molecule has 1 heterocycles. The van der Waals surface area contributed by atoms with Gasteiger partial charge in [-0.1, -0.05) is 12.1 Å². The molecular formula is C12H13NO. The molecule has 14 heavy (non-hydrogen) atoms. The van der Waals surface area contributed by atoms with Crippen LogP contribution in [0.4, 0.5) is 0 Å². The van der Waals surface area contributed by atoms with Crippen LogP contribution < -0.4 is 5.73 Å². The Hall–Kier alpha value is -1.28. The summed E-state index contributed by atoms with van der Waals surface area (Å²) in [7, 11) is 0. The van der Waals surface area contributed by atoms with Crippen LogP contribution >= 0.6 is 0 Å². The highest BCUT2D eigenvalue weighted by atomic mass is 16.3. The highest BCUT2D eigenvalue weighted by Gasteiger charge is 2.37. The van der Waals surface area contributed by atoms with Gasteiger partial charge in [-0.25, -0.2) is 0 Å². The van der Waals surface area contributed by atoms with Gasteiger partial charge in [-0.2, -0.15) is 0 Å². The average molecular weight is 187 g/mol. The Kier molecular flexibility index (Phi) is 1.64. The summed E-state index contributed by atoms with van der Waals surface area (Å²) in [6, 6.07) is 8.32. The first-order valence-corrected chi connectivity index (χ1v) is 5.06. The van der Waals surface area contributed by atoms with Crippen LogP contribution in [0.25, 0.3) is 11.0 Å². The van der Waals surface area contributed by atoms with Gasteiger partial charge in [0.15, 0.2) is 0 Å². The Bertz CT molecular complexity index is 460. The molecule has 0 saturated heterocycles. The predicted octanol–water partition coefficient (Wildman–Crippen LogP) is 2.50. The highest BCUT2D eigenvalue weighted by Crippen LogP contribution is 2.48. The number of fused-ring (bicyclic) bond motifs is 1. The van der Waals surface area contributed by atoms with Gasteiger partial charge in [0, 0.05) is 5.39 Å². The predicted molar refractivity (Wildman–Crippen MR) is 56.1 cm³/mol. The van der Waals surface area contributed by atoms with Crippen molar-refractivity contribution >= 4 is 11.0 Å². The van der Waals surface area contributed by atoms with Crippen molar-refractivity contribution in [1.82, 2.24) is 0 Å². The zero-order valence-electron chi connectivity index (χ0n) is 7.94. The maximum atomic E-state index is 5.66. The maximum Gasteiger partial charge on any atom is 0.134 e. The minimum atomic E-state index is 0.668. The number of hydrogen-bond donors (Lipinski definition) is 1. The van der Waals surface area contributed by atoms with E-state index in [4.69, 9.17) is 10.2 Å². The lowest BCUT2D eigenvalue weighted by Gasteiger charge is -2.00. The lowest BCUT2D eigenvalue weighted by Crippen LogP contribution is -2.01. The molecule has 1 aliphatic rings. The molecule has 1 aromatic carbocycles. The third-order valence-corrected chi connectivity index (χ3v) is 3.15. The van der Waals surface area contributed by atoms with E-state index in [9.17, 15) is 0 Å². The van der Waals surface area contributed by atoms with Gasteiger partial charge in [-0.05, 0) is 42.5 Å². The third kappa shape index (κ3) is 1.07. The molecule has 2 N–H and O–H groups in total. The van der Waals surface area contributed by atoms with Gasteiger partial charge in [0.1, 0.15) is 5.58 Å². The molecule has 0 radical (unpaired) electrons. The fourth-order valence-corrected chi connectivity index (χ4v) is 2.23. The zero-order valence-corrected chi connectivity index (χ0v) is 7.94. The lowest BCUT2D eigenvalue weighted by molar-refractivity contribution is 0.615. The quantitative estimate of drug-likeness (QED) is 0.784. The summed E-state index contributed by atoms with van der Waals surface area (Å²) >= 11 is 0. The number of benzene rings is 1. The average Bonchev–Trinajstić information content (AvgIpc) is 2.85. The van der Waals surface area contributed by atoms with E-state index in [-0.39, 0.29) is 0 Å². The molecule has 2 nitrogen and oxygen atoms in total. The van der Waals surface area contributed by atoms with Gasteiger partial charge >= 0.3 is 0 Å². The molecule has 0 amide bonds. The van der Waals surface area contributed by atoms with E-state index in [1.165, 1.54) is 17.4 Å². The minimum Gasteiger partial charge on any atom is -0.464 e. The molecule has 72 valence electrons. The van der Waals surface area contributed by atoms with E-state index >= 15 is 0 Å². The van der Waals surface area contributed by atoms with E-state index in [2.05, 4.69) is 18.2 Å². The summed E-state index contributed by atoms with van der Waals surface area (Å²) in [5, 5.41) is 1.26. The van der Waals surface area contributed by atoms with E-state index in [1.54, 1.807) is 6.26 Å². The molecule has 0 aliphatic heterocycles. The third-order valence-electron chi connectivity index (χ3n) is 3.15. The molecular weight excluding hydrogens is 174 g/mol. The minimum absolute atomic E-state index is 0.668. The van der Waals surface area contributed by atoms with Crippen LogP contribution in [0.5, 0.6) is 0 Å². The molecule has 0 bridgehead atoms. The van der Waals surface area contributed by atoms with E-state index < -0.39 is 0 Å². The Labute approximate surface area is 82.7 Å². The summed E-state index contributed by atoms with van der Waals surface area (Å²) in [6.45, 7) is 0.804. The van der Waals surface area contributed by atoms with Crippen LogP contribution in [0.15, 0.2) is 34.9 Å². The second-order valence-corrected chi connectivity index (χ2v) is 4.02. The van der Waals surface area contributed by atoms with Gasteiger partial charge in [0.05, 0.1) is 6.26 Å². The number of nitrogens with two attached hydrogens (primary N) is 1. The molecule has 1 aromatic heterocycles. The van der Waals surface area contributed by atoms with Crippen LogP contribution in [-0.2, 0) is 0 Å². The van der Waals surface area contributed by atoms with Crippen LogP contribution in [0.2, 0.25) is 0 Å². The van der Waals surface area contributed by atoms with Crippen molar-refractivity contribution in [3.63, 3.8) is 0 Å². The van der Waals surface area contributed by atoms with E-state index in [1.807, 2.05) is 6.07 Å². The van der Waals surface area contributed by atoms with Gasteiger partial charge in [-0.3, -0.25) is 0 Å². The molecule has 2 aromatic rings. The Balaban J connectivity index is 2.08. The van der Waals surface area contributed by atoms with Gasteiger partial charge in [0.25, 0.3) is 0 Å². The van der Waals surface area contributed by atoms with Crippen molar-refractivity contribution < 1.29 is 4.42 Å². The normalized spacial score (nSPS) is 25.5. The first-order chi connectivity index (χ1) is 6.90. The summed E-state index contributed by atoms with van der Waals surface area (Å²) < 4.78 is 5.37. The van der Waals surface area contributed by atoms with Gasteiger partial charge in [0.2, 0.25) is 0 Å². The monoisotopic (exact) mass is 187 g/mol. The largest absolute Gasteiger partial charge is 0.464 e. The smallest absolute Gasteiger partial charge is 0.134 e. The van der Waals surface area contributed by atoms with Crippen molar-refractivity contribution in [2.24, 2.45) is 11.7 Å². The van der Waals surface area contributed by atoms with Crippen molar-refractivity contribution in [2.45, 2.75) is 12.3 Å².